The van der Waals surface area contributed by atoms with Crippen molar-refractivity contribution in [3.8, 4) is 0 Å². The van der Waals surface area contributed by atoms with Gasteiger partial charge in [0, 0.05) is 0 Å². The highest BCUT2D eigenvalue weighted by Gasteiger charge is 2.42. The minimum Gasteiger partial charge on any atom is -0.393 e. The zero-order chi connectivity index (χ0) is 11.8. The van der Waals surface area contributed by atoms with Crippen LogP contribution in [-0.2, 0) is 0 Å². The van der Waals surface area contributed by atoms with Gasteiger partial charge in [-0.15, -0.1) is 0 Å². The van der Waals surface area contributed by atoms with E-state index in [9.17, 15) is 5.11 Å². The van der Waals surface area contributed by atoms with Crippen LogP contribution in [0.5, 0.6) is 0 Å². The number of hydrogen-bond donors (Lipinski definition) is 1. The van der Waals surface area contributed by atoms with E-state index in [2.05, 4.69) is 20.8 Å². The van der Waals surface area contributed by atoms with Crippen LogP contribution in [0.3, 0.4) is 0 Å². The van der Waals surface area contributed by atoms with E-state index in [0.717, 1.165) is 5.92 Å². The van der Waals surface area contributed by atoms with Crippen LogP contribution in [-0.4, -0.2) is 11.2 Å². The molecule has 0 amide bonds. The molecule has 2 rings (SSSR count). The van der Waals surface area contributed by atoms with Crippen molar-refractivity contribution in [3.63, 3.8) is 0 Å². The molecule has 2 aliphatic rings. The van der Waals surface area contributed by atoms with Crippen molar-refractivity contribution >= 4 is 0 Å². The molecule has 0 bridgehead atoms. The SMILES string of the molecule is CC1CCCC(C(O)C2CCCC2(C)C)C1. The quantitative estimate of drug-likeness (QED) is 0.751. The fourth-order valence-corrected chi connectivity index (χ4v) is 4.11. The van der Waals surface area contributed by atoms with Gasteiger partial charge < -0.3 is 5.11 Å². The molecule has 2 saturated carbocycles. The summed E-state index contributed by atoms with van der Waals surface area (Å²) in [6, 6.07) is 0. The molecule has 0 aliphatic heterocycles. The Labute approximate surface area is 101 Å². The van der Waals surface area contributed by atoms with E-state index in [4.69, 9.17) is 0 Å². The Balaban J connectivity index is 1.98. The van der Waals surface area contributed by atoms with Crippen molar-refractivity contribution in [2.24, 2.45) is 23.2 Å². The molecule has 2 fully saturated rings. The first-order chi connectivity index (χ1) is 7.50. The molecule has 1 nitrogen and oxygen atoms in total. The average molecular weight is 224 g/mol. The van der Waals surface area contributed by atoms with Crippen LogP contribution in [0.15, 0.2) is 0 Å². The Bertz CT molecular complexity index is 234. The molecule has 0 radical (unpaired) electrons. The zero-order valence-corrected chi connectivity index (χ0v) is 11.2. The van der Waals surface area contributed by atoms with Gasteiger partial charge in [-0.25, -0.2) is 0 Å². The molecule has 1 heteroatoms. The lowest BCUT2D eigenvalue weighted by Crippen LogP contribution is -2.37. The summed E-state index contributed by atoms with van der Waals surface area (Å²) >= 11 is 0. The summed E-state index contributed by atoms with van der Waals surface area (Å²) in [5, 5.41) is 10.6. The Morgan fingerprint density at radius 1 is 1.12 bits per heavy atom. The molecule has 0 spiro atoms. The Hall–Kier alpha value is -0.0400. The highest BCUT2D eigenvalue weighted by Crippen LogP contribution is 2.47. The summed E-state index contributed by atoms with van der Waals surface area (Å²) in [5.74, 6) is 1.98. The Morgan fingerprint density at radius 3 is 2.44 bits per heavy atom. The van der Waals surface area contributed by atoms with Gasteiger partial charge in [-0.1, -0.05) is 40.0 Å². The molecule has 16 heavy (non-hydrogen) atoms. The van der Waals surface area contributed by atoms with E-state index in [-0.39, 0.29) is 6.10 Å². The van der Waals surface area contributed by atoms with Crippen LogP contribution < -0.4 is 0 Å². The van der Waals surface area contributed by atoms with Crippen LogP contribution >= 0.6 is 0 Å². The van der Waals surface area contributed by atoms with Gasteiger partial charge in [-0.05, 0) is 48.9 Å². The summed E-state index contributed by atoms with van der Waals surface area (Å²) in [6.45, 7) is 7.04. The first kappa shape index (κ1) is 12.4. The third kappa shape index (κ3) is 2.45. The van der Waals surface area contributed by atoms with Crippen molar-refractivity contribution in [3.05, 3.63) is 0 Å². The van der Waals surface area contributed by atoms with Gasteiger partial charge >= 0.3 is 0 Å². The second kappa shape index (κ2) is 4.68. The van der Waals surface area contributed by atoms with Crippen LogP contribution in [0, 0.1) is 23.2 Å². The highest BCUT2D eigenvalue weighted by molar-refractivity contribution is 4.92. The van der Waals surface area contributed by atoms with Crippen LogP contribution in [0.25, 0.3) is 0 Å². The fourth-order valence-electron chi connectivity index (χ4n) is 4.11. The predicted molar refractivity (Wildman–Crippen MR) is 68.3 cm³/mol. The number of rotatable bonds is 2. The monoisotopic (exact) mass is 224 g/mol. The summed E-state index contributed by atoms with van der Waals surface area (Å²) in [7, 11) is 0. The minimum absolute atomic E-state index is 0.0275. The van der Waals surface area contributed by atoms with Crippen LogP contribution in [0.1, 0.15) is 65.7 Å². The number of aliphatic hydroxyl groups excluding tert-OH is 1. The van der Waals surface area contributed by atoms with Crippen molar-refractivity contribution in [2.75, 3.05) is 0 Å². The molecule has 0 aromatic carbocycles. The topological polar surface area (TPSA) is 20.2 Å². The fraction of sp³-hybridized carbons (Fsp3) is 1.00. The molecule has 0 saturated heterocycles. The van der Waals surface area contributed by atoms with Gasteiger partial charge in [0.25, 0.3) is 0 Å². The van der Waals surface area contributed by atoms with E-state index >= 15 is 0 Å². The van der Waals surface area contributed by atoms with Gasteiger partial charge in [0.2, 0.25) is 0 Å². The van der Waals surface area contributed by atoms with Crippen LogP contribution in [0.2, 0.25) is 0 Å². The zero-order valence-electron chi connectivity index (χ0n) is 11.2. The third-order valence-corrected chi connectivity index (χ3v) is 5.21. The summed E-state index contributed by atoms with van der Waals surface area (Å²) in [5.41, 5.74) is 0.375. The maximum absolute atomic E-state index is 10.6. The van der Waals surface area contributed by atoms with Gasteiger partial charge in [-0.3, -0.25) is 0 Å². The number of aliphatic hydroxyl groups is 1. The maximum atomic E-state index is 10.6. The molecule has 0 heterocycles. The van der Waals surface area contributed by atoms with E-state index in [1.54, 1.807) is 0 Å². The van der Waals surface area contributed by atoms with E-state index in [0.29, 0.717) is 17.3 Å². The largest absolute Gasteiger partial charge is 0.393 e. The first-order valence-electron chi connectivity index (χ1n) is 7.19. The highest BCUT2D eigenvalue weighted by atomic mass is 16.3. The lowest BCUT2D eigenvalue weighted by molar-refractivity contribution is -0.0101. The molecule has 4 unspecified atom stereocenters. The molecule has 4 atom stereocenters. The molecule has 0 aromatic heterocycles. The van der Waals surface area contributed by atoms with Crippen molar-refractivity contribution in [1.82, 2.24) is 0 Å². The molecular weight excluding hydrogens is 196 g/mol. The second-order valence-electron chi connectivity index (χ2n) is 7.01. The van der Waals surface area contributed by atoms with Gasteiger partial charge in [0.1, 0.15) is 0 Å². The third-order valence-electron chi connectivity index (χ3n) is 5.21. The summed E-state index contributed by atoms with van der Waals surface area (Å²) in [6.07, 6.45) is 9.06. The predicted octanol–water partition coefficient (Wildman–Crippen LogP) is 4.00. The Kier molecular flexibility index (Phi) is 3.63. The lowest BCUT2D eigenvalue weighted by atomic mass is 9.70. The summed E-state index contributed by atoms with van der Waals surface area (Å²) < 4.78 is 0. The van der Waals surface area contributed by atoms with E-state index in [1.807, 2.05) is 0 Å². The van der Waals surface area contributed by atoms with Gasteiger partial charge in [0.05, 0.1) is 6.10 Å². The number of hydrogen-bond acceptors (Lipinski definition) is 1. The van der Waals surface area contributed by atoms with Gasteiger partial charge in [-0.2, -0.15) is 0 Å². The molecule has 2 aliphatic carbocycles. The average Bonchev–Trinajstić information content (AvgIpc) is 2.57. The van der Waals surface area contributed by atoms with Crippen molar-refractivity contribution in [1.29, 1.82) is 0 Å². The molecule has 0 aromatic rings. The first-order valence-corrected chi connectivity index (χ1v) is 7.19. The van der Waals surface area contributed by atoms with Gasteiger partial charge in [0.15, 0.2) is 0 Å². The van der Waals surface area contributed by atoms with E-state index in [1.165, 1.54) is 44.9 Å². The molecule has 1 N–H and O–H groups in total. The standard InChI is InChI=1S/C15H28O/c1-11-6-4-7-12(10-11)14(16)13-8-5-9-15(13,2)3/h11-14,16H,4-10H2,1-3H3. The minimum atomic E-state index is -0.0275. The molecule has 94 valence electrons. The van der Waals surface area contributed by atoms with Crippen LogP contribution in [0.4, 0.5) is 0 Å². The van der Waals surface area contributed by atoms with Crippen molar-refractivity contribution in [2.45, 2.75) is 71.8 Å². The molecular formula is C15H28O. The lowest BCUT2D eigenvalue weighted by Gasteiger charge is -2.38. The Morgan fingerprint density at radius 2 is 1.88 bits per heavy atom. The maximum Gasteiger partial charge on any atom is 0.0601 e. The normalized spacial score (nSPS) is 40.9. The summed E-state index contributed by atoms with van der Waals surface area (Å²) in [4.78, 5) is 0. The smallest absolute Gasteiger partial charge is 0.0601 e. The second-order valence-corrected chi connectivity index (χ2v) is 7.01. The van der Waals surface area contributed by atoms with E-state index < -0.39 is 0 Å². The van der Waals surface area contributed by atoms with Crippen molar-refractivity contribution < 1.29 is 5.11 Å².